The van der Waals surface area contributed by atoms with Gasteiger partial charge in [0.05, 0.1) is 11.6 Å². The summed E-state index contributed by atoms with van der Waals surface area (Å²) < 4.78 is 18.6. The lowest BCUT2D eigenvalue weighted by Gasteiger charge is -2.18. The van der Waals surface area contributed by atoms with Crippen molar-refractivity contribution in [1.82, 2.24) is 5.32 Å². The molecular formula is C19H19ClFNO3. The van der Waals surface area contributed by atoms with E-state index in [0.717, 1.165) is 24.5 Å². The van der Waals surface area contributed by atoms with Crippen LogP contribution in [0.2, 0.25) is 5.02 Å². The van der Waals surface area contributed by atoms with E-state index in [1.54, 1.807) is 0 Å². The molecule has 1 atom stereocenters. The van der Waals surface area contributed by atoms with Gasteiger partial charge in [0.2, 0.25) is 0 Å². The first-order valence-corrected chi connectivity index (χ1v) is 8.35. The Hall–Kier alpha value is -2.40. The minimum atomic E-state index is -0.906. The van der Waals surface area contributed by atoms with E-state index < -0.39 is 24.3 Å². The molecule has 0 aliphatic heterocycles. The molecule has 2 aromatic rings. The third-order valence-corrected chi connectivity index (χ3v) is 3.84. The van der Waals surface area contributed by atoms with Crippen LogP contribution < -0.4 is 5.32 Å². The van der Waals surface area contributed by atoms with Gasteiger partial charge in [0.25, 0.3) is 5.91 Å². The fraction of sp³-hybridized carbons (Fsp3) is 0.263. The predicted octanol–water partition coefficient (Wildman–Crippen LogP) is 4.29. The molecule has 2 rings (SSSR count). The van der Waals surface area contributed by atoms with Gasteiger partial charge < -0.3 is 10.1 Å². The molecule has 0 radical (unpaired) electrons. The topological polar surface area (TPSA) is 55.4 Å². The normalized spacial score (nSPS) is 11.6. The van der Waals surface area contributed by atoms with Crippen LogP contribution in [0, 0.1) is 5.82 Å². The van der Waals surface area contributed by atoms with Gasteiger partial charge in [-0.2, -0.15) is 0 Å². The molecule has 1 amide bonds. The van der Waals surface area contributed by atoms with Crippen LogP contribution in [0.5, 0.6) is 0 Å². The molecule has 0 aliphatic carbocycles. The molecular weight excluding hydrogens is 345 g/mol. The van der Waals surface area contributed by atoms with E-state index in [0.29, 0.717) is 0 Å². The van der Waals surface area contributed by atoms with Gasteiger partial charge in [-0.15, -0.1) is 0 Å². The van der Waals surface area contributed by atoms with E-state index in [9.17, 15) is 14.0 Å². The number of nitrogens with one attached hydrogen (secondary N) is 1. The molecule has 2 aromatic carbocycles. The molecule has 0 aliphatic rings. The first kappa shape index (κ1) is 18.9. The van der Waals surface area contributed by atoms with Crippen LogP contribution in [0.15, 0.2) is 48.5 Å². The number of halogens is 2. The highest BCUT2D eigenvalue weighted by atomic mass is 35.5. The Balaban J connectivity index is 1.93. The van der Waals surface area contributed by atoms with Gasteiger partial charge in [0.1, 0.15) is 5.82 Å². The Morgan fingerprint density at radius 3 is 2.56 bits per heavy atom. The van der Waals surface area contributed by atoms with Crippen LogP contribution in [0.3, 0.4) is 0 Å². The van der Waals surface area contributed by atoms with Gasteiger partial charge in [0.15, 0.2) is 6.61 Å². The van der Waals surface area contributed by atoms with Crippen molar-refractivity contribution in [3.63, 3.8) is 0 Å². The van der Waals surface area contributed by atoms with Crippen LogP contribution in [0.1, 0.15) is 41.7 Å². The highest BCUT2D eigenvalue weighted by Gasteiger charge is 2.17. The number of amides is 1. The summed E-state index contributed by atoms with van der Waals surface area (Å²) in [7, 11) is 0. The molecule has 0 unspecified atom stereocenters. The molecule has 4 nitrogen and oxygen atoms in total. The summed E-state index contributed by atoms with van der Waals surface area (Å²) in [5, 5.41) is 3.01. The summed E-state index contributed by atoms with van der Waals surface area (Å²) in [6.45, 7) is 1.54. The first-order valence-electron chi connectivity index (χ1n) is 7.97. The fourth-order valence-electron chi connectivity index (χ4n) is 2.40. The van der Waals surface area contributed by atoms with Gasteiger partial charge in [-0.1, -0.05) is 55.3 Å². The summed E-state index contributed by atoms with van der Waals surface area (Å²) in [6.07, 6.45) is 1.64. The SMILES string of the molecule is CCC[C@H](NC(=O)COC(=O)c1ccc(Cl)cc1F)c1ccccc1. The van der Waals surface area contributed by atoms with Crippen LogP contribution in [0.4, 0.5) is 4.39 Å². The second-order valence-corrected chi connectivity index (χ2v) is 5.96. The lowest BCUT2D eigenvalue weighted by atomic mass is 10.0. The van der Waals surface area contributed by atoms with Gasteiger partial charge in [-0.05, 0) is 30.2 Å². The molecule has 6 heteroatoms. The zero-order valence-electron chi connectivity index (χ0n) is 13.8. The van der Waals surface area contributed by atoms with Crippen molar-refractivity contribution in [2.45, 2.75) is 25.8 Å². The summed E-state index contributed by atoms with van der Waals surface area (Å²) >= 11 is 5.64. The zero-order valence-corrected chi connectivity index (χ0v) is 14.6. The number of hydrogen-bond acceptors (Lipinski definition) is 3. The first-order chi connectivity index (χ1) is 12.0. The highest BCUT2D eigenvalue weighted by Crippen LogP contribution is 2.18. The Kier molecular flexibility index (Phi) is 6.95. The molecule has 1 N–H and O–H groups in total. The quantitative estimate of drug-likeness (QED) is 0.746. The van der Waals surface area contributed by atoms with Crippen molar-refractivity contribution in [3.8, 4) is 0 Å². The minimum Gasteiger partial charge on any atom is -0.452 e. The lowest BCUT2D eigenvalue weighted by Crippen LogP contribution is -2.32. The van der Waals surface area contributed by atoms with E-state index in [2.05, 4.69) is 5.32 Å². The number of carbonyl (C=O) groups excluding carboxylic acids is 2. The fourth-order valence-corrected chi connectivity index (χ4v) is 2.55. The molecule has 132 valence electrons. The van der Waals surface area contributed by atoms with Gasteiger partial charge >= 0.3 is 5.97 Å². The average Bonchev–Trinajstić information content (AvgIpc) is 2.60. The van der Waals surface area contributed by atoms with Crippen LogP contribution in [0.25, 0.3) is 0 Å². The number of esters is 1. The Labute approximate surface area is 150 Å². The second kappa shape index (κ2) is 9.18. The van der Waals surface area contributed by atoms with Crippen LogP contribution in [-0.4, -0.2) is 18.5 Å². The predicted molar refractivity (Wildman–Crippen MR) is 93.9 cm³/mol. The number of hydrogen-bond donors (Lipinski definition) is 1. The lowest BCUT2D eigenvalue weighted by molar-refractivity contribution is -0.125. The molecule has 25 heavy (non-hydrogen) atoms. The Morgan fingerprint density at radius 1 is 1.20 bits per heavy atom. The maximum Gasteiger partial charge on any atom is 0.341 e. The van der Waals surface area contributed by atoms with Crippen molar-refractivity contribution in [3.05, 3.63) is 70.5 Å². The molecule has 0 saturated carbocycles. The second-order valence-electron chi connectivity index (χ2n) is 5.52. The number of ether oxygens (including phenoxy) is 1. The summed E-state index contributed by atoms with van der Waals surface area (Å²) in [4.78, 5) is 24.0. The molecule has 0 heterocycles. The molecule has 0 aromatic heterocycles. The zero-order chi connectivity index (χ0) is 18.2. The highest BCUT2D eigenvalue weighted by molar-refractivity contribution is 6.30. The third-order valence-electron chi connectivity index (χ3n) is 3.60. The maximum atomic E-state index is 13.7. The minimum absolute atomic E-state index is 0.162. The molecule has 0 fully saturated rings. The van der Waals surface area contributed by atoms with Crippen LogP contribution in [-0.2, 0) is 9.53 Å². The van der Waals surface area contributed by atoms with Gasteiger partial charge in [0, 0.05) is 5.02 Å². The van der Waals surface area contributed by atoms with Crippen molar-refractivity contribution in [1.29, 1.82) is 0 Å². The van der Waals surface area contributed by atoms with Crippen LogP contribution >= 0.6 is 11.6 Å². The van der Waals surface area contributed by atoms with Crippen molar-refractivity contribution < 1.29 is 18.7 Å². The summed E-state index contributed by atoms with van der Waals surface area (Å²) in [5.41, 5.74) is 0.720. The van der Waals surface area contributed by atoms with Gasteiger partial charge in [-0.25, -0.2) is 9.18 Å². The Morgan fingerprint density at radius 2 is 1.92 bits per heavy atom. The number of carbonyl (C=O) groups is 2. The maximum absolute atomic E-state index is 13.7. The van der Waals surface area contributed by atoms with E-state index in [-0.39, 0.29) is 16.6 Å². The average molecular weight is 364 g/mol. The number of benzene rings is 2. The van der Waals surface area contributed by atoms with Crippen molar-refractivity contribution in [2.75, 3.05) is 6.61 Å². The monoisotopic (exact) mass is 363 g/mol. The smallest absolute Gasteiger partial charge is 0.341 e. The Bertz CT molecular complexity index is 737. The summed E-state index contributed by atoms with van der Waals surface area (Å²) in [5.74, 6) is -2.13. The van der Waals surface area contributed by atoms with E-state index in [4.69, 9.17) is 16.3 Å². The molecule has 0 saturated heterocycles. The van der Waals surface area contributed by atoms with Gasteiger partial charge in [-0.3, -0.25) is 4.79 Å². The van der Waals surface area contributed by atoms with E-state index in [1.165, 1.54) is 12.1 Å². The van der Waals surface area contributed by atoms with E-state index in [1.807, 2.05) is 37.3 Å². The molecule has 0 spiro atoms. The van der Waals surface area contributed by atoms with Crippen molar-refractivity contribution >= 4 is 23.5 Å². The summed E-state index contributed by atoms with van der Waals surface area (Å²) in [6, 6.07) is 13.0. The van der Waals surface area contributed by atoms with E-state index >= 15 is 0 Å². The largest absolute Gasteiger partial charge is 0.452 e. The van der Waals surface area contributed by atoms with Crippen molar-refractivity contribution in [2.24, 2.45) is 0 Å². The number of rotatable bonds is 7. The standard InChI is InChI=1S/C19H19ClFNO3/c1-2-6-17(13-7-4-3-5-8-13)22-18(23)12-25-19(24)15-10-9-14(20)11-16(15)21/h3-5,7-11,17H,2,6,12H2,1H3,(H,22,23)/t17-/m0/s1. The molecule has 0 bridgehead atoms. The third kappa shape index (κ3) is 5.57.